The number of primary amides is 1. The van der Waals surface area contributed by atoms with E-state index in [-0.39, 0.29) is 6.54 Å². The molecule has 0 saturated carbocycles. The van der Waals surface area contributed by atoms with Gasteiger partial charge in [-0.15, -0.1) is 0 Å². The first kappa shape index (κ1) is 11.2. The molecule has 0 aliphatic heterocycles. The molecule has 1 amide bonds. The summed E-state index contributed by atoms with van der Waals surface area (Å²) >= 11 is 0. The van der Waals surface area contributed by atoms with Gasteiger partial charge in [0.15, 0.2) is 0 Å². The van der Waals surface area contributed by atoms with Crippen LogP contribution in [0.4, 0.5) is 0 Å². The second-order valence-electron chi connectivity index (χ2n) is 3.73. The SMILES string of the molecule is NC(=O)C(O)CNCC1CC=CCC1. The normalized spacial score (nSPS) is 23.4. The molecule has 0 radical (unpaired) electrons. The lowest BCUT2D eigenvalue weighted by atomic mass is 9.94. The van der Waals surface area contributed by atoms with E-state index in [1.807, 2.05) is 0 Å². The molecule has 0 spiro atoms. The first-order valence-corrected chi connectivity index (χ1v) is 5.03. The fraction of sp³-hybridized carbons (Fsp3) is 0.700. The lowest BCUT2D eigenvalue weighted by Crippen LogP contribution is -2.39. The van der Waals surface area contributed by atoms with Crippen molar-refractivity contribution in [2.75, 3.05) is 13.1 Å². The van der Waals surface area contributed by atoms with E-state index in [4.69, 9.17) is 10.8 Å². The Balaban J connectivity index is 2.08. The van der Waals surface area contributed by atoms with Crippen molar-refractivity contribution < 1.29 is 9.90 Å². The van der Waals surface area contributed by atoms with Crippen LogP contribution >= 0.6 is 0 Å². The van der Waals surface area contributed by atoms with E-state index >= 15 is 0 Å². The van der Waals surface area contributed by atoms with Gasteiger partial charge < -0.3 is 16.2 Å². The van der Waals surface area contributed by atoms with Crippen molar-refractivity contribution in [3.63, 3.8) is 0 Å². The van der Waals surface area contributed by atoms with E-state index in [9.17, 15) is 4.79 Å². The zero-order chi connectivity index (χ0) is 10.4. The molecular formula is C10H18N2O2. The molecule has 1 rings (SSSR count). The van der Waals surface area contributed by atoms with Gasteiger partial charge in [-0.1, -0.05) is 12.2 Å². The zero-order valence-electron chi connectivity index (χ0n) is 8.28. The van der Waals surface area contributed by atoms with Crippen LogP contribution in [0.3, 0.4) is 0 Å². The maximum Gasteiger partial charge on any atom is 0.247 e. The van der Waals surface area contributed by atoms with Gasteiger partial charge in [0.25, 0.3) is 0 Å². The molecule has 0 saturated heterocycles. The fourth-order valence-electron chi connectivity index (χ4n) is 1.57. The first-order chi connectivity index (χ1) is 6.70. The van der Waals surface area contributed by atoms with Crippen LogP contribution in [0.25, 0.3) is 0 Å². The lowest BCUT2D eigenvalue weighted by molar-refractivity contribution is -0.125. The van der Waals surface area contributed by atoms with Crippen LogP contribution in [0.1, 0.15) is 19.3 Å². The molecule has 1 aliphatic rings. The van der Waals surface area contributed by atoms with Gasteiger partial charge in [0.2, 0.25) is 5.91 Å². The van der Waals surface area contributed by atoms with E-state index in [1.54, 1.807) is 0 Å². The average molecular weight is 198 g/mol. The third kappa shape index (κ3) is 3.89. The number of nitrogens with one attached hydrogen (secondary N) is 1. The zero-order valence-corrected chi connectivity index (χ0v) is 8.28. The quantitative estimate of drug-likeness (QED) is 0.534. The highest BCUT2D eigenvalue weighted by molar-refractivity contribution is 5.78. The summed E-state index contributed by atoms with van der Waals surface area (Å²) in [5.74, 6) is -0.0406. The van der Waals surface area contributed by atoms with Crippen molar-refractivity contribution in [3.8, 4) is 0 Å². The van der Waals surface area contributed by atoms with Crippen LogP contribution in [0.5, 0.6) is 0 Å². The minimum absolute atomic E-state index is 0.259. The second-order valence-corrected chi connectivity index (χ2v) is 3.73. The van der Waals surface area contributed by atoms with Crippen molar-refractivity contribution in [2.24, 2.45) is 11.7 Å². The van der Waals surface area contributed by atoms with Gasteiger partial charge in [-0.3, -0.25) is 4.79 Å². The van der Waals surface area contributed by atoms with Crippen LogP contribution in [0, 0.1) is 5.92 Å². The molecule has 0 aromatic rings. The molecule has 14 heavy (non-hydrogen) atoms. The molecule has 2 atom stereocenters. The summed E-state index contributed by atoms with van der Waals surface area (Å²) in [4.78, 5) is 10.5. The van der Waals surface area contributed by atoms with E-state index < -0.39 is 12.0 Å². The minimum Gasteiger partial charge on any atom is -0.382 e. The number of nitrogens with two attached hydrogens (primary N) is 1. The smallest absolute Gasteiger partial charge is 0.247 e. The van der Waals surface area contributed by atoms with E-state index in [0.29, 0.717) is 5.92 Å². The van der Waals surface area contributed by atoms with Crippen LogP contribution < -0.4 is 11.1 Å². The standard InChI is InChI=1S/C10H18N2O2/c11-10(14)9(13)7-12-6-8-4-2-1-3-5-8/h1-2,8-9,12-13H,3-7H2,(H2,11,14). The van der Waals surface area contributed by atoms with Gasteiger partial charge >= 0.3 is 0 Å². The van der Waals surface area contributed by atoms with Crippen molar-refractivity contribution in [1.29, 1.82) is 0 Å². The predicted molar refractivity (Wildman–Crippen MR) is 54.6 cm³/mol. The highest BCUT2D eigenvalue weighted by Crippen LogP contribution is 2.16. The number of carbonyl (C=O) groups excluding carboxylic acids is 1. The molecule has 1 aliphatic carbocycles. The third-order valence-corrected chi connectivity index (χ3v) is 2.48. The number of aliphatic hydroxyl groups is 1. The predicted octanol–water partition coefficient (Wildman–Crippen LogP) is -0.222. The Bertz CT molecular complexity index is 216. The minimum atomic E-state index is -1.06. The Labute approximate surface area is 84.2 Å². The van der Waals surface area contributed by atoms with Crippen molar-refractivity contribution in [3.05, 3.63) is 12.2 Å². The molecule has 0 aromatic carbocycles. The Morgan fingerprint density at radius 3 is 3.00 bits per heavy atom. The third-order valence-electron chi connectivity index (χ3n) is 2.48. The van der Waals surface area contributed by atoms with Crippen molar-refractivity contribution >= 4 is 5.91 Å². The Hall–Kier alpha value is -0.870. The Morgan fingerprint density at radius 1 is 1.64 bits per heavy atom. The molecule has 4 N–H and O–H groups in total. The van der Waals surface area contributed by atoms with Crippen LogP contribution in [0.2, 0.25) is 0 Å². The summed E-state index contributed by atoms with van der Waals surface area (Å²) in [7, 11) is 0. The van der Waals surface area contributed by atoms with E-state index in [2.05, 4.69) is 17.5 Å². The number of hydrogen-bond acceptors (Lipinski definition) is 3. The van der Waals surface area contributed by atoms with Crippen molar-refractivity contribution in [2.45, 2.75) is 25.4 Å². The summed E-state index contributed by atoms with van der Waals surface area (Å²) in [5.41, 5.74) is 4.92. The van der Waals surface area contributed by atoms with Gasteiger partial charge in [0.05, 0.1) is 0 Å². The van der Waals surface area contributed by atoms with Crippen LogP contribution in [0.15, 0.2) is 12.2 Å². The number of rotatable bonds is 5. The van der Waals surface area contributed by atoms with Gasteiger partial charge in [-0.05, 0) is 31.7 Å². The van der Waals surface area contributed by atoms with E-state index in [0.717, 1.165) is 19.4 Å². The molecule has 0 heterocycles. The summed E-state index contributed by atoms with van der Waals surface area (Å²) in [6.45, 7) is 1.10. The first-order valence-electron chi connectivity index (χ1n) is 5.03. The van der Waals surface area contributed by atoms with Gasteiger partial charge in [-0.25, -0.2) is 0 Å². The number of aliphatic hydroxyl groups excluding tert-OH is 1. The molecule has 4 heteroatoms. The fourth-order valence-corrected chi connectivity index (χ4v) is 1.57. The molecule has 2 unspecified atom stereocenters. The summed E-state index contributed by atoms with van der Waals surface area (Å²) in [5, 5.41) is 12.2. The molecule has 0 fully saturated rings. The number of hydrogen-bond donors (Lipinski definition) is 3. The summed E-state index contributed by atoms with van der Waals surface area (Å²) in [6, 6.07) is 0. The molecule has 4 nitrogen and oxygen atoms in total. The van der Waals surface area contributed by atoms with Crippen LogP contribution in [-0.4, -0.2) is 30.2 Å². The number of carbonyl (C=O) groups is 1. The largest absolute Gasteiger partial charge is 0.382 e. The Kier molecular flexibility index (Phi) is 4.62. The maximum absolute atomic E-state index is 10.5. The highest BCUT2D eigenvalue weighted by Gasteiger charge is 2.12. The van der Waals surface area contributed by atoms with E-state index in [1.165, 1.54) is 6.42 Å². The summed E-state index contributed by atoms with van der Waals surface area (Å²) < 4.78 is 0. The Morgan fingerprint density at radius 2 is 2.43 bits per heavy atom. The van der Waals surface area contributed by atoms with Gasteiger partial charge in [0, 0.05) is 6.54 Å². The average Bonchev–Trinajstić information content (AvgIpc) is 2.19. The van der Waals surface area contributed by atoms with Crippen LogP contribution in [-0.2, 0) is 4.79 Å². The summed E-state index contributed by atoms with van der Waals surface area (Å²) in [6.07, 6.45) is 6.70. The second kappa shape index (κ2) is 5.78. The lowest BCUT2D eigenvalue weighted by Gasteiger charge is -2.18. The highest BCUT2D eigenvalue weighted by atomic mass is 16.3. The monoisotopic (exact) mass is 198 g/mol. The topological polar surface area (TPSA) is 75.4 Å². The molecule has 0 aromatic heterocycles. The number of amides is 1. The molecule has 80 valence electrons. The molecule has 0 bridgehead atoms. The van der Waals surface area contributed by atoms with Crippen molar-refractivity contribution in [1.82, 2.24) is 5.32 Å². The number of allylic oxidation sites excluding steroid dienone is 2. The van der Waals surface area contributed by atoms with Gasteiger partial charge in [-0.2, -0.15) is 0 Å². The van der Waals surface area contributed by atoms with Gasteiger partial charge in [0.1, 0.15) is 6.10 Å². The maximum atomic E-state index is 10.5. The molecular weight excluding hydrogens is 180 g/mol.